The van der Waals surface area contributed by atoms with E-state index in [1.807, 2.05) is 0 Å². The van der Waals surface area contributed by atoms with Crippen LogP contribution >= 0.6 is 0 Å². The van der Waals surface area contributed by atoms with Gasteiger partial charge in [-0.05, 0) is 25.1 Å². The van der Waals surface area contributed by atoms with E-state index in [0.717, 1.165) is 23.4 Å². The lowest BCUT2D eigenvalue weighted by molar-refractivity contribution is 0.577. The number of benzene rings is 1. The Bertz CT molecular complexity index is 720. The Hall–Kier alpha value is -1.93. The van der Waals surface area contributed by atoms with Gasteiger partial charge in [0.2, 0.25) is 10.0 Å². The van der Waals surface area contributed by atoms with Crippen molar-refractivity contribution in [2.45, 2.75) is 18.4 Å². The molecular formula is C12H15FN4O2S. The Morgan fingerprint density at radius 3 is 2.65 bits per heavy atom. The molecule has 1 aromatic carbocycles. The highest BCUT2D eigenvalue weighted by Gasteiger charge is 2.16. The smallest absolute Gasteiger partial charge is 0.241 e. The van der Waals surface area contributed by atoms with Crippen LogP contribution in [0, 0.1) is 12.7 Å². The predicted octanol–water partition coefficient (Wildman–Crippen LogP) is 0.928. The Morgan fingerprint density at radius 2 is 2.10 bits per heavy atom. The summed E-state index contributed by atoms with van der Waals surface area (Å²) in [5.74, 6) is -0.692. The quantitative estimate of drug-likeness (QED) is 0.822. The van der Waals surface area contributed by atoms with Crippen LogP contribution in [0.4, 0.5) is 10.1 Å². The number of anilines is 1. The second-order valence-electron chi connectivity index (χ2n) is 4.46. The average Bonchev–Trinajstić information content (AvgIpc) is 2.64. The van der Waals surface area contributed by atoms with Crippen LogP contribution in [0.3, 0.4) is 0 Å². The summed E-state index contributed by atoms with van der Waals surface area (Å²) < 4.78 is 41.3. The van der Waals surface area contributed by atoms with Crippen molar-refractivity contribution < 1.29 is 12.8 Å². The van der Waals surface area contributed by atoms with E-state index in [1.165, 1.54) is 6.07 Å². The molecule has 0 radical (unpaired) electrons. The number of rotatable bonds is 4. The normalized spacial score (nSPS) is 11.8. The van der Waals surface area contributed by atoms with Crippen LogP contribution in [0.15, 0.2) is 29.3 Å². The summed E-state index contributed by atoms with van der Waals surface area (Å²) in [7, 11) is -2.07. The van der Waals surface area contributed by atoms with Gasteiger partial charge in [-0.1, -0.05) is 0 Å². The Morgan fingerprint density at radius 1 is 1.40 bits per heavy atom. The minimum Gasteiger partial charge on any atom is -0.399 e. The molecule has 0 unspecified atom stereocenters. The van der Waals surface area contributed by atoms with Crippen molar-refractivity contribution in [1.82, 2.24) is 14.5 Å². The van der Waals surface area contributed by atoms with Gasteiger partial charge < -0.3 is 5.73 Å². The molecule has 0 saturated heterocycles. The number of nitrogens with two attached hydrogens (primary N) is 1. The molecule has 8 heteroatoms. The molecule has 0 spiro atoms. The van der Waals surface area contributed by atoms with Gasteiger partial charge in [0, 0.05) is 31.0 Å². The van der Waals surface area contributed by atoms with Crippen LogP contribution in [-0.2, 0) is 23.6 Å². The third kappa shape index (κ3) is 3.14. The zero-order valence-electron chi connectivity index (χ0n) is 11.1. The number of hydrogen-bond acceptors (Lipinski definition) is 4. The van der Waals surface area contributed by atoms with Gasteiger partial charge in [-0.2, -0.15) is 5.10 Å². The molecular weight excluding hydrogens is 283 g/mol. The molecule has 0 fully saturated rings. The number of nitrogens with zero attached hydrogens (tertiary/aromatic N) is 2. The number of sulfonamides is 1. The molecule has 6 nitrogen and oxygen atoms in total. The minimum absolute atomic E-state index is 0.0583. The third-order valence-electron chi connectivity index (χ3n) is 2.77. The van der Waals surface area contributed by atoms with Gasteiger partial charge in [0.25, 0.3) is 0 Å². The maximum absolute atomic E-state index is 13.2. The summed E-state index contributed by atoms with van der Waals surface area (Å²) in [6.45, 7) is 1.86. The topological polar surface area (TPSA) is 90.0 Å². The van der Waals surface area contributed by atoms with Gasteiger partial charge in [-0.25, -0.2) is 17.5 Å². The molecule has 20 heavy (non-hydrogen) atoms. The molecule has 0 atom stereocenters. The van der Waals surface area contributed by atoms with E-state index < -0.39 is 15.8 Å². The number of nitrogen functional groups attached to an aromatic ring is 1. The second kappa shape index (κ2) is 5.22. The standard InChI is InChI=1S/C12H15FN4O2S/c1-8-9(7-17(2)16-8)6-15-20(18,19)12-4-10(13)3-11(14)5-12/h3-5,7,15H,6,14H2,1-2H3. The number of aromatic nitrogens is 2. The van der Waals surface area contributed by atoms with Crippen LogP contribution in [0.25, 0.3) is 0 Å². The van der Waals surface area contributed by atoms with Gasteiger partial charge in [0.15, 0.2) is 0 Å². The van der Waals surface area contributed by atoms with E-state index in [4.69, 9.17) is 5.73 Å². The van der Waals surface area contributed by atoms with Crippen molar-refractivity contribution in [2.24, 2.45) is 7.05 Å². The lowest BCUT2D eigenvalue weighted by Crippen LogP contribution is -2.23. The summed E-state index contributed by atoms with van der Waals surface area (Å²) in [5.41, 5.74) is 6.98. The van der Waals surface area contributed by atoms with Crippen molar-refractivity contribution in [3.63, 3.8) is 0 Å². The van der Waals surface area contributed by atoms with E-state index in [1.54, 1.807) is 24.9 Å². The van der Waals surface area contributed by atoms with Gasteiger partial charge >= 0.3 is 0 Å². The lowest BCUT2D eigenvalue weighted by atomic mass is 10.3. The van der Waals surface area contributed by atoms with Crippen LogP contribution < -0.4 is 10.5 Å². The Kier molecular flexibility index (Phi) is 3.78. The van der Waals surface area contributed by atoms with Gasteiger partial charge in [-0.15, -0.1) is 0 Å². The lowest BCUT2D eigenvalue weighted by Gasteiger charge is -2.07. The first-order chi connectivity index (χ1) is 9.28. The van der Waals surface area contributed by atoms with Crippen molar-refractivity contribution >= 4 is 15.7 Å². The van der Waals surface area contributed by atoms with Gasteiger partial charge in [0.05, 0.1) is 10.6 Å². The van der Waals surface area contributed by atoms with Crippen LogP contribution in [0.2, 0.25) is 0 Å². The van der Waals surface area contributed by atoms with E-state index in [9.17, 15) is 12.8 Å². The zero-order chi connectivity index (χ0) is 14.9. The first-order valence-corrected chi connectivity index (χ1v) is 7.31. The summed E-state index contributed by atoms with van der Waals surface area (Å²) in [6, 6.07) is 3.20. The van der Waals surface area contributed by atoms with Crippen molar-refractivity contribution in [2.75, 3.05) is 5.73 Å². The average molecular weight is 298 g/mol. The van der Waals surface area contributed by atoms with Gasteiger partial charge in [-0.3, -0.25) is 4.68 Å². The summed E-state index contributed by atoms with van der Waals surface area (Å²) in [5, 5.41) is 4.11. The van der Waals surface area contributed by atoms with Crippen LogP contribution in [0.1, 0.15) is 11.3 Å². The second-order valence-corrected chi connectivity index (χ2v) is 6.23. The first kappa shape index (κ1) is 14.5. The maximum atomic E-state index is 13.2. The SMILES string of the molecule is Cc1nn(C)cc1CNS(=O)(=O)c1cc(N)cc(F)c1. The molecule has 2 aromatic rings. The van der Waals surface area contributed by atoms with E-state index in [2.05, 4.69) is 9.82 Å². The Balaban J connectivity index is 2.21. The van der Waals surface area contributed by atoms with E-state index >= 15 is 0 Å². The number of hydrogen-bond donors (Lipinski definition) is 2. The zero-order valence-corrected chi connectivity index (χ0v) is 11.9. The molecule has 1 aromatic heterocycles. The van der Waals surface area contributed by atoms with Crippen LogP contribution in [-0.4, -0.2) is 18.2 Å². The molecule has 0 saturated carbocycles. The van der Waals surface area contributed by atoms with E-state index in [0.29, 0.717) is 0 Å². The van der Waals surface area contributed by atoms with Crippen molar-refractivity contribution in [3.05, 3.63) is 41.5 Å². The highest BCUT2D eigenvalue weighted by Crippen LogP contribution is 2.16. The molecule has 0 aliphatic heterocycles. The molecule has 3 N–H and O–H groups in total. The number of aryl methyl sites for hydroxylation is 2. The fourth-order valence-electron chi connectivity index (χ4n) is 1.82. The molecule has 0 aliphatic carbocycles. The van der Waals surface area contributed by atoms with Gasteiger partial charge in [0.1, 0.15) is 5.82 Å². The summed E-state index contributed by atoms with van der Waals surface area (Å²) in [6.07, 6.45) is 1.72. The Labute approximate surface area is 116 Å². The van der Waals surface area contributed by atoms with E-state index in [-0.39, 0.29) is 17.1 Å². The molecule has 0 aliphatic rings. The summed E-state index contributed by atoms with van der Waals surface area (Å²) in [4.78, 5) is -0.198. The fraction of sp³-hybridized carbons (Fsp3) is 0.250. The summed E-state index contributed by atoms with van der Waals surface area (Å²) >= 11 is 0. The largest absolute Gasteiger partial charge is 0.399 e. The maximum Gasteiger partial charge on any atom is 0.241 e. The minimum atomic E-state index is -3.82. The highest BCUT2D eigenvalue weighted by molar-refractivity contribution is 7.89. The fourth-order valence-corrected chi connectivity index (χ4v) is 2.89. The first-order valence-electron chi connectivity index (χ1n) is 5.83. The predicted molar refractivity (Wildman–Crippen MR) is 72.8 cm³/mol. The molecule has 0 bridgehead atoms. The number of halogens is 1. The molecule has 1 heterocycles. The molecule has 0 amide bonds. The monoisotopic (exact) mass is 298 g/mol. The highest BCUT2D eigenvalue weighted by atomic mass is 32.2. The number of nitrogens with one attached hydrogen (secondary N) is 1. The van der Waals surface area contributed by atoms with Crippen molar-refractivity contribution in [1.29, 1.82) is 0 Å². The van der Waals surface area contributed by atoms with Crippen LogP contribution in [0.5, 0.6) is 0 Å². The van der Waals surface area contributed by atoms with Crippen molar-refractivity contribution in [3.8, 4) is 0 Å². The molecule has 108 valence electrons. The third-order valence-corrected chi connectivity index (χ3v) is 4.15. The molecule has 2 rings (SSSR count).